The van der Waals surface area contributed by atoms with Crippen LogP contribution >= 0.6 is 0 Å². The molecule has 0 saturated heterocycles. The number of hydrogen-bond acceptors (Lipinski definition) is 8. The Bertz CT molecular complexity index is 1860. The van der Waals surface area contributed by atoms with Crippen LogP contribution in [-0.4, -0.2) is 61.7 Å². The highest BCUT2D eigenvalue weighted by atomic mass is 16.6. The van der Waals surface area contributed by atoms with E-state index in [-0.39, 0.29) is 56.7 Å². The highest BCUT2D eigenvalue weighted by Crippen LogP contribution is 2.15. The summed E-state index contributed by atoms with van der Waals surface area (Å²) in [4.78, 5) is 55.5. The molecular formula is C45H57N7O7. The number of carbonyl (C=O) groups excluding carboxylic acids is 4. The van der Waals surface area contributed by atoms with Crippen LogP contribution in [0.4, 0.5) is 15.3 Å². The first kappa shape index (κ1) is 45.3. The lowest BCUT2D eigenvalue weighted by molar-refractivity contribution is -0.130. The summed E-state index contributed by atoms with van der Waals surface area (Å²) in [7, 11) is 0. The van der Waals surface area contributed by atoms with Gasteiger partial charge in [0.1, 0.15) is 19.3 Å². The lowest BCUT2D eigenvalue weighted by atomic mass is 10.1. The molecule has 0 aliphatic heterocycles. The Labute approximate surface area is 346 Å². The second kappa shape index (κ2) is 26.5. The van der Waals surface area contributed by atoms with E-state index in [0.29, 0.717) is 50.9 Å². The molecule has 0 fully saturated rings. The summed E-state index contributed by atoms with van der Waals surface area (Å²) in [5, 5.41) is 11.5. The summed E-state index contributed by atoms with van der Waals surface area (Å²) in [5.41, 5.74) is 15.4. The minimum atomic E-state index is -0.899. The highest BCUT2D eigenvalue weighted by molar-refractivity contribution is 5.87. The van der Waals surface area contributed by atoms with Crippen molar-refractivity contribution in [1.82, 2.24) is 21.3 Å². The molecular weight excluding hydrogens is 751 g/mol. The maximum atomic E-state index is 13.4. The number of nitrogens with two attached hydrogens (primary N) is 2. The van der Waals surface area contributed by atoms with Gasteiger partial charge in [0.2, 0.25) is 11.8 Å². The van der Waals surface area contributed by atoms with Crippen LogP contribution in [0.25, 0.3) is 0 Å². The summed E-state index contributed by atoms with van der Waals surface area (Å²) in [6, 6.07) is 34.8. The van der Waals surface area contributed by atoms with E-state index < -0.39 is 18.2 Å². The van der Waals surface area contributed by atoms with Crippen LogP contribution in [-0.2, 0) is 50.0 Å². The zero-order valence-corrected chi connectivity index (χ0v) is 33.5. The number of aryl methyl sites for hydroxylation is 1. The fourth-order valence-corrected chi connectivity index (χ4v) is 6.04. The van der Waals surface area contributed by atoms with Gasteiger partial charge in [0, 0.05) is 25.6 Å². The van der Waals surface area contributed by atoms with Crippen molar-refractivity contribution in [3.8, 4) is 0 Å². The number of alkyl carbamates (subject to hydrolysis) is 2. The summed E-state index contributed by atoms with van der Waals surface area (Å²) < 4.78 is 16.6. The summed E-state index contributed by atoms with van der Waals surface area (Å²) in [5.74, 6) is -0.608. The first-order chi connectivity index (χ1) is 28.7. The van der Waals surface area contributed by atoms with Crippen molar-refractivity contribution in [3.05, 3.63) is 138 Å². The third-order valence-electron chi connectivity index (χ3n) is 9.14. The Balaban J connectivity index is 1.24. The smallest absolute Gasteiger partial charge is 0.407 e. The van der Waals surface area contributed by atoms with E-state index in [1.807, 2.05) is 115 Å². The molecule has 0 heterocycles. The molecule has 314 valence electrons. The minimum Gasteiger partial charge on any atom is -0.445 e. The molecule has 0 aliphatic rings. The molecule has 0 bridgehead atoms. The lowest BCUT2D eigenvalue weighted by Crippen LogP contribution is -2.49. The second-order valence-corrected chi connectivity index (χ2v) is 14.0. The van der Waals surface area contributed by atoms with E-state index in [2.05, 4.69) is 26.3 Å². The fraction of sp³-hybridized carbons (Fsp3) is 0.356. The zero-order valence-electron chi connectivity index (χ0n) is 33.5. The van der Waals surface area contributed by atoms with Crippen molar-refractivity contribution in [2.75, 3.05) is 19.7 Å². The van der Waals surface area contributed by atoms with Gasteiger partial charge in [0.25, 0.3) is 0 Å². The average molecular weight is 808 g/mol. The summed E-state index contributed by atoms with van der Waals surface area (Å²) in [6.45, 7) is 1.22. The number of rotatable bonds is 25. The van der Waals surface area contributed by atoms with Crippen LogP contribution in [0.3, 0.4) is 0 Å². The van der Waals surface area contributed by atoms with E-state index >= 15 is 0 Å². The van der Waals surface area contributed by atoms with Gasteiger partial charge in [0.05, 0.1) is 18.9 Å². The maximum absolute atomic E-state index is 13.4. The number of nitrogens with one attached hydrogen (secondary N) is 4. The van der Waals surface area contributed by atoms with Crippen LogP contribution < -0.4 is 32.7 Å². The quantitative estimate of drug-likeness (QED) is 0.0267. The van der Waals surface area contributed by atoms with Crippen molar-refractivity contribution < 1.29 is 33.4 Å². The second-order valence-electron chi connectivity index (χ2n) is 14.0. The molecule has 4 aromatic carbocycles. The minimum absolute atomic E-state index is 0.00167. The molecule has 2 atom stereocenters. The molecule has 14 heteroatoms. The van der Waals surface area contributed by atoms with Gasteiger partial charge < -0.3 is 46.9 Å². The number of carbonyl (C=O) groups is 4. The van der Waals surface area contributed by atoms with Crippen LogP contribution in [0.15, 0.2) is 120 Å². The van der Waals surface area contributed by atoms with Crippen LogP contribution in [0.5, 0.6) is 0 Å². The fourth-order valence-electron chi connectivity index (χ4n) is 6.04. The van der Waals surface area contributed by atoms with Gasteiger partial charge in [-0.2, -0.15) is 0 Å². The monoisotopic (exact) mass is 807 g/mol. The number of guanidine groups is 1. The number of aliphatic imine (C=N–C) groups is 1. The average Bonchev–Trinajstić information content (AvgIpc) is 3.25. The molecule has 4 aromatic rings. The van der Waals surface area contributed by atoms with Crippen LogP contribution in [0.1, 0.15) is 67.2 Å². The molecule has 0 spiro atoms. The SMILES string of the molecule is NC(N)=Nc1ccc(CCCCC(=O)N[C@@H](COCc2ccccc2)C(=O)NCCCC(CCCNC(=O)OCc2ccccc2)NC(=O)OCc2ccccc2)cc1. The number of nitrogens with zero attached hydrogens (tertiary/aromatic N) is 1. The normalized spacial score (nSPS) is 11.7. The zero-order chi connectivity index (χ0) is 41.9. The van der Waals surface area contributed by atoms with Gasteiger partial charge in [0.15, 0.2) is 5.96 Å². The first-order valence-electron chi connectivity index (χ1n) is 20.0. The van der Waals surface area contributed by atoms with Gasteiger partial charge in [-0.15, -0.1) is 0 Å². The molecule has 8 N–H and O–H groups in total. The molecule has 14 nitrogen and oxygen atoms in total. The lowest BCUT2D eigenvalue weighted by Gasteiger charge is -2.21. The van der Waals surface area contributed by atoms with E-state index in [9.17, 15) is 19.2 Å². The number of unbranched alkanes of at least 4 members (excludes halogenated alkanes) is 1. The Morgan fingerprint density at radius 3 is 1.69 bits per heavy atom. The number of benzene rings is 4. The van der Waals surface area contributed by atoms with E-state index in [1.165, 1.54) is 0 Å². The summed E-state index contributed by atoms with van der Waals surface area (Å²) in [6.07, 6.45) is 3.52. The standard InChI is InChI=1S/C45H57N7O7/c46-43(47)50-39-26-24-34(25-27-39)14-10-11-23-41(53)52-40(33-57-30-35-15-4-1-5-16-35)42(54)48-28-12-21-38(51-45(56)59-32-37-19-8-3-9-20-37)22-13-29-49-44(55)58-31-36-17-6-2-7-18-36/h1-9,15-20,24-27,38,40H,10-14,21-23,28-33H2,(H,48,54)(H,49,55)(H,51,56)(H,52,53)(H4,46,47,50)/t38?,40-/m0/s1. The van der Waals surface area contributed by atoms with Gasteiger partial charge in [-0.1, -0.05) is 103 Å². The third-order valence-corrected chi connectivity index (χ3v) is 9.14. The van der Waals surface area contributed by atoms with E-state index in [0.717, 1.165) is 35.1 Å². The largest absolute Gasteiger partial charge is 0.445 e. The van der Waals surface area contributed by atoms with Crippen molar-refractivity contribution in [2.24, 2.45) is 16.5 Å². The van der Waals surface area contributed by atoms with Gasteiger partial charge in [-0.05, 0) is 79.3 Å². The molecule has 0 saturated carbocycles. The van der Waals surface area contributed by atoms with Crippen LogP contribution in [0.2, 0.25) is 0 Å². The van der Waals surface area contributed by atoms with E-state index in [4.69, 9.17) is 25.7 Å². The van der Waals surface area contributed by atoms with Crippen LogP contribution in [0, 0.1) is 0 Å². The predicted molar refractivity (Wildman–Crippen MR) is 227 cm³/mol. The Morgan fingerprint density at radius 2 is 1.12 bits per heavy atom. The van der Waals surface area contributed by atoms with Crippen molar-refractivity contribution in [2.45, 2.75) is 83.3 Å². The van der Waals surface area contributed by atoms with Gasteiger partial charge in [-0.25, -0.2) is 14.6 Å². The van der Waals surface area contributed by atoms with E-state index in [1.54, 1.807) is 0 Å². The first-order valence-corrected chi connectivity index (χ1v) is 20.0. The molecule has 59 heavy (non-hydrogen) atoms. The molecule has 0 aromatic heterocycles. The Hall–Kier alpha value is -6.41. The predicted octanol–water partition coefficient (Wildman–Crippen LogP) is 5.90. The molecule has 1 unspecified atom stereocenters. The summed E-state index contributed by atoms with van der Waals surface area (Å²) >= 11 is 0. The number of hydrogen-bond donors (Lipinski definition) is 6. The maximum Gasteiger partial charge on any atom is 0.407 e. The number of amides is 4. The molecule has 4 amide bonds. The van der Waals surface area contributed by atoms with Gasteiger partial charge >= 0.3 is 12.2 Å². The van der Waals surface area contributed by atoms with Gasteiger partial charge in [-0.3, -0.25) is 9.59 Å². The van der Waals surface area contributed by atoms with Crippen molar-refractivity contribution in [3.63, 3.8) is 0 Å². The topological polar surface area (TPSA) is 208 Å². The Morgan fingerprint density at radius 1 is 0.576 bits per heavy atom. The number of ether oxygens (including phenoxy) is 3. The third kappa shape index (κ3) is 19.5. The molecule has 0 radical (unpaired) electrons. The highest BCUT2D eigenvalue weighted by Gasteiger charge is 2.21. The molecule has 0 aliphatic carbocycles. The van der Waals surface area contributed by atoms with Crippen molar-refractivity contribution >= 4 is 35.6 Å². The van der Waals surface area contributed by atoms with Crippen molar-refractivity contribution in [1.29, 1.82) is 0 Å². The molecule has 4 rings (SSSR count). The Kier molecular flexibility index (Phi) is 20.3.